The van der Waals surface area contributed by atoms with Gasteiger partial charge in [-0.2, -0.15) is 0 Å². The van der Waals surface area contributed by atoms with E-state index >= 15 is 0 Å². The van der Waals surface area contributed by atoms with Crippen LogP contribution in [0.15, 0.2) is 24.3 Å². The molecule has 2 rings (SSSR count). The summed E-state index contributed by atoms with van der Waals surface area (Å²) in [4.78, 5) is 22.2. The van der Waals surface area contributed by atoms with Crippen molar-refractivity contribution >= 4 is 35.2 Å². The predicted octanol–water partition coefficient (Wildman–Crippen LogP) is 2.38. The topological polar surface area (TPSA) is 66.4 Å². The van der Waals surface area contributed by atoms with Gasteiger partial charge in [0, 0.05) is 23.2 Å². The Morgan fingerprint density at radius 2 is 2.15 bits per heavy atom. The SMILES string of the molecule is O=C(O)CSCCNC(=O)C1CC1c1ccccc1Cl. The number of carboxylic acid groups (broad SMARTS) is 1. The van der Waals surface area contributed by atoms with Crippen molar-refractivity contribution in [2.45, 2.75) is 12.3 Å². The molecule has 0 radical (unpaired) electrons. The maximum Gasteiger partial charge on any atom is 0.313 e. The fourth-order valence-electron chi connectivity index (χ4n) is 2.14. The number of carbonyl (C=O) groups excluding carboxylic acids is 1. The highest BCUT2D eigenvalue weighted by atomic mass is 35.5. The van der Waals surface area contributed by atoms with E-state index in [4.69, 9.17) is 16.7 Å². The van der Waals surface area contributed by atoms with E-state index in [0.29, 0.717) is 17.3 Å². The molecule has 0 aromatic heterocycles. The summed E-state index contributed by atoms with van der Waals surface area (Å²) in [6.45, 7) is 0.503. The highest BCUT2D eigenvalue weighted by Gasteiger charge is 2.44. The lowest BCUT2D eigenvalue weighted by molar-refractivity contribution is -0.133. The second-order valence-electron chi connectivity index (χ2n) is 4.71. The molecule has 0 heterocycles. The van der Waals surface area contributed by atoms with Crippen LogP contribution in [0.1, 0.15) is 17.9 Å². The zero-order chi connectivity index (χ0) is 14.5. The Kier molecular flexibility index (Phi) is 5.31. The molecule has 1 saturated carbocycles. The van der Waals surface area contributed by atoms with Crippen molar-refractivity contribution in [3.8, 4) is 0 Å². The molecular weight excluding hydrogens is 298 g/mol. The first-order valence-electron chi connectivity index (χ1n) is 6.41. The van der Waals surface area contributed by atoms with Crippen LogP contribution in [0.3, 0.4) is 0 Å². The third kappa shape index (κ3) is 4.15. The van der Waals surface area contributed by atoms with Gasteiger partial charge in [0.25, 0.3) is 0 Å². The first-order chi connectivity index (χ1) is 9.59. The van der Waals surface area contributed by atoms with E-state index in [1.54, 1.807) is 0 Å². The lowest BCUT2D eigenvalue weighted by Gasteiger charge is -2.05. The van der Waals surface area contributed by atoms with Gasteiger partial charge in [-0.1, -0.05) is 29.8 Å². The Bertz CT molecular complexity index is 509. The van der Waals surface area contributed by atoms with Crippen molar-refractivity contribution in [1.29, 1.82) is 0 Å². The Morgan fingerprint density at radius 3 is 2.85 bits per heavy atom. The van der Waals surface area contributed by atoms with E-state index < -0.39 is 5.97 Å². The maximum atomic E-state index is 11.9. The fourth-order valence-corrected chi connectivity index (χ4v) is 2.98. The van der Waals surface area contributed by atoms with Crippen LogP contribution in [0.2, 0.25) is 5.02 Å². The van der Waals surface area contributed by atoms with E-state index in [9.17, 15) is 9.59 Å². The van der Waals surface area contributed by atoms with Gasteiger partial charge in [-0.25, -0.2) is 0 Å². The monoisotopic (exact) mass is 313 g/mol. The van der Waals surface area contributed by atoms with Gasteiger partial charge in [-0.15, -0.1) is 11.8 Å². The minimum Gasteiger partial charge on any atom is -0.481 e. The molecule has 0 aliphatic heterocycles. The third-order valence-electron chi connectivity index (χ3n) is 3.20. The van der Waals surface area contributed by atoms with E-state index in [2.05, 4.69) is 5.32 Å². The number of rotatable bonds is 7. The Labute approximate surface area is 126 Å². The van der Waals surface area contributed by atoms with Crippen molar-refractivity contribution in [2.75, 3.05) is 18.1 Å². The summed E-state index contributed by atoms with van der Waals surface area (Å²) in [6, 6.07) is 7.61. The third-order valence-corrected chi connectivity index (χ3v) is 4.49. The number of hydrogen-bond acceptors (Lipinski definition) is 3. The number of carbonyl (C=O) groups is 2. The van der Waals surface area contributed by atoms with Gasteiger partial charge in [0.2, 0.25) is 5.91 Å². The van der Waals surface area contributed by atoms with Crippen LogP contribution >= 0.6 is 23.4 Å². The van der Waals surface area contributed by atoms with Crippen LogP contribution in [0.4, 0.5) is 0 Å². The zero-order valence-corrected chi connectivity index (χ0v) is 12.4. The average molecular weight is 314 g/mol. The number of thioether (sulfide) groups is 1. The number of amides is 1. The molecule has 1 aromatic rings. The van der Waals surface area contributed by atoms with Crippen LogP contribution in [0, 0.1) is 5.92 Å². The number of carboxylic acids is 1. The van der Waals surface area contributed by atoms with Crippen molar-refractivity contribution in [2.24, 2.45) is 5.92 Å². The summed E-state index contributed by atoms with van der Waals surface area (Å²) >= 11 is 7.41. The first-order valence-corrected chi connectivity index (χ1v) is 7.94. The Hall–Kier alpha value is -1.20. The van der Waals surface area contributed by atoms with Crippen LogP contribution in [0.25, 0.3) is 0 Å². The van der Waals surface area contributed by atoms with Gasteiger partial charge < -0.3 is 10.4 Å². The summed E-state index contributed by atoms with van der Waals surface area (Å²) in [5.41, 5.74) is 1.04. The van der Waals surface area contributed by atoms with Gasteiger partial charge in [0.1, 0.15) is 0 Å². The molecule has 6 heteroatoms. The minimum absolute atomic E-state index is 0.000580. The van der Waals surface area contributed by atoms with Crippen molar-refractivity contribution in [3.63, 3.8) is 0 Å². The van der Waals surface area contributed by atoms with Crippen LogP contribution in [-0.2, 0) is 9.59 Å². The Morgan fingerprint density at radius 1 is 1.40 bits per heavy atom. The fraction of sp³-hybridized carbons (Fsp3) is 0.429. The van der Waals surface area contributed by atoms with Crippen LogP contribution in [0.5, 0.6) is 0 Å². The Balaban J connectivity index is 1.71. The summed E-state index contributed by atoms with van der Waals surface area (Å²) in [5, 5.41) is 12.0. The molecule has 4 nitrogen and oxygen atoms in total. The number of aliphatic carboxylic acids is 1. The number of halogens is 1. The summed E-state index contributed by atoms with van der Waals surface area (Å²) in [6.07, 6.45) is 0.831. The molecule has 0 spiro atoms. The smallest absolute Gasteiger partial charge is 0.313 e. The molecule has 1 amide bonds. The van der Waals surface area contributed by atoms with E-state index in [-0.39, 0.29) is 23.5 Å². The average Bonchev–Trinajstić information content (AvgIpc) is 3.18. The predicted molar refractivity (Wildman–Crippen MR) is 80.3 cm³/mol. The molecule has 1 fully saturated rings. The first kappa shape index (κ1) is 15.2. The van der Waals surface area contributed by atoms with E-state index in [0.717, 1.165) is 12.0 Å². The largest absolute Gasteiger partial charge is 0.481 e. The molecule has 1 aliphatic rings. The number of hydrogen-bond donors (Lipinski definition) is 2. The molecule has 1 aliphatic carbocycles. The highest BCUT2D eigenvalue weighted by molar-refractivity contribution is 7.99. The summed E-state index contributed by atoms with van der Waals surface area (Å²) < 4.78 is 0. The quantitative estimate of drug-likeness (QED) is 0.759. The molecule has 2 N–H and O–H groups in total. The van der Waals surface area contributed by atoms with Crippen LogP contribution in [-0.4, -0.2) is 35.0 Å². The standard InChI is InChI=1S/C14H16ClNO3S/c15-12-4-2-1-3-9(12)10-7-11(10)14(19)16-5-6-20-8-13(17)18/h1-4,10-11H,5-8H2,(H,16,19)(H,17,18). The zero-order valence-electron chi connectivity index (χ0n) is 10.8. The van der Waals surface area contributed by atoms with Gasteiger partial charge in [-0.3, -0.25) is 9.59 Å². The van der Waals surface area contributed by atoms with Gasteiger partial charge >= 0.3 is 5.97 Å². The normalized spacial score (nSPS) is 20.4. The molecule has 2 unspecified atom stereocenters. The highest BCUT2D eigenvalue weighted by Crippen LogP contribution is 2.49. The second kappa shape index (κ2) is 6.99. The molecule has 20 heavy (non-hydrogen) atoms. The molecule has 2 atom stereocenters. The summed E-state index contributed by atoms with van der Waals surface area (Å²) in [7, 11) is 0. The number of benzene rings is 1. The van der Waals surface area contributed by atoms with Gasteiger partial charge in [0.15, 0.2) is 0 Å². The van der Waals surface area contributed by atoms with Crippen molar-refractivity contribution in [3.05, 3.63) is 34.9 Å². The molecule has 108 valence electrons. The van der Waals surface area contributed by atoms with Gasteiger partial charge in [0.05, 0.1) is 5.75 Å². The lowest BCUT2D eigenvalue weighted by atomic mass is 10.1. The lowest BCUT2D eigenvalue weighted by Crippen LogP contribution is -2.27. The van der Waals surface area contributed by atoms with Crippen molar-refractivity contribution in [1.82, 2.24) is 5.32 Å². The number of nitrogens with one attached hydrogen (secondary N) is 1. The molecule has 0 bridgehead atoms. The van der Waals surface area contributed by atoms with Crippen molar-refractivity contribution < 1.29 is 14.7 Å². The second-order valence-corrected chi connectivity index (χ2v) is 6.22. The molecule has 0 saturated heterocycles. The minimum atomic E-state index is -0.831. The van der Waals surface area contributed by atoms with E-state index in [1.807, 2.05) is 24.3 Å². The van der Waals surface area contributed by atoms with Gasteiger partial charge in [-0.05, 0) is 24.0 Å². The maximum absolute atomic E-state index is 11.9. The van der Waals surface area contributed by atoms with Crippen LogP contribution < -0.4 is 5.32 Å². The van der Waals surface area contributed by atoms with E-state index in [1.165, 1.54) is 11.8 Å². The summed E-state index contributed by atoms with van der Waals surface area (Å²) in [5.74, 6) is 0.103. The molecule has 1 aromatic carbocycles. The molecular formula is C14H16ClNO3S.